The van der Waals surface area contributed by atoms with Crippen molar-refractivity contribution in [3.05, 3.63) is 59.7 Å². The van der Waals surface area contributed by atoms with Crippen LogP contribution in [0.2, 0.25) is 0 Å². The summed E-state index contributed by atoms with van der Waals surface area (Å²) in [5, 5.41) is 0. The Morgan fingerprint density at radius 3 is 2.82 bits per heavy atom. The van der Waals surface area contributed by atoms with E-state index in [1.807, 2.05) is 6.20 Å². The van der Waals surface area contributed by atoms with E-state index in [1.165, 1.54) is 29.6 Å². The highest BCUT2D eigenvalue weighted by Crippen LogP contribution is 2.33. The highest BCUT2D eigenvalue weighted by molar-refractivity contribution is 5.75. The molecule has 0 saturated heterocycles. The summed E-state index contributed by atoms with van der Waals surface area (Å²) in [5.41, 5.74) is 5.00. The maximum Gasteiger partial charge on any atom is 0.124 e. The second-order valence-corrected chi connectivity index (χ2v) is 8.20. The van der Waals surface area contributed by atoms with Crippen molar-refractivity contribution in [2.75, 3.05) is 27.7 Å². The molecule has 4 rings (SSSR count). The zero-order chi connectivity index (χ0) is 19.5. The van der Waals surface area contributed by atoms with E-state index in [9.17, 15) is 0 Å². The Morgan fingerprint density at radius 2 is 1.96 bits per heavy atom. The molecule has 1 aliphatic rings. The van der Waals surface area contributed by atoms with Crippen LogP contribution in [0.25, 0.3) is 11.0 Å². The minimum absolute atomic E-state index is 0.375. The van der Waals surface area contributed by atoms with Gasteiger partial charge in [0.15, 0.2) is 0 Å². The summed E-state index contributed by atoms with van der Waals surface area (Å²) in [6.07, 6.45) is 6.60. The molecule has 0 fully saturated rings. The maximum absolute atomic E-state index is 4.99. The molecule has 0 spiro atoms. The third kappa shape index (κ3) is 3.96. The first-order chi connectivity index (χ1) is 13.6. The molecule has 5 nitrogen and oxygen atoms in total. The third-order valence-corrected chi connectivity index (χ3v) is 5.81. The van der Waals surface area contributed by atoms with Gasteiger partial charge in [0.1, 0.15) is 5.82 Å². The molecule has 28 heavy (non-hydrogen) atoms. The smallest absolute Gasteiger partial charge is 0.124 e. The number of fused-ring (bicyclic) bond motifs is 2. The van der Waals surface area contributed by atoms with Crippen molar-refractivity contribution in [2.45, 2.75) is 44.8 Å². The molecular weight excluding hydrogens is 346 g/mol. The predicted molar refractivity (Wildman–Crippen MR) is 114 cm³/mol. The van der Waals surface area contributed by atoms with Crippen LogP contribution in [-0.2, 0) is 19.5 Å². The molecule has 0 unspecified atom stereocenters. The Hall–Kier alpha value is -2.24. The number of nitrogens with zero attached hydrogens (tertiary/aromatic N) is 5. The molecule has 148 valence electrons. The number of para-hydroxylation sites is 2. The molecule has 5 heteroatoms. The lowest BCUT2D eigenvalue weighted by molar-refractivity contribution is 0.201. The van der Waals surface area contributed by atoms with Gasteiger partial charge in [0.25, 0.3) is 0 Å². The van der Waals surface area contributed by atoms with Gasteiger partial charge in [-0.25, -0.2) is 4.98 Å². The van der Waals surface area contributed by atoms with E-state index in [1.54, 1.807) is 0 Å². The van der Waals surface area contributed by atoms with Crippen LogP contribution in [0.4, 0.5) is 0 Å². The highest BCUT2D eigenvalue weighted by Gasteiger charge is 2.26. The SMILES string of the molecule is CN(C)CCCn1c(CN(C)[C@H]2CCCc3cccnc32)nc2ccccc21. The summed E-state index contributed by atoms with van der Waals surface area (Å²) in [6.45, 7) is 2.93. The Morgan fingerprint density at radius 1 is 1.11 bits per heavy atom. The van der Waals surface area contributed by atoms with Gasteiger partial charge in [-0.1, -0.05) is 18.2 Å². The molecule has 1 atom stereocenters. The summed E-state index contributed by atoms with van der Waals surface area (Å²) in [7, 11) is 6.49. The van der Waals surface area contributed by atoms with Crippen molar-refractivity contribution < 1.29 is 0 Å². The zero-order valence-electron chi connectivity index (χ0n) is 17.3. The van der Waals surface area contributed by atoms with E-state index in [2.05, 4.69) is 71.9 Å². The Bertz CT molecular complexity index is 930. The molecular formula is C23H31N5. The number of benzene rings is 1. The molecule has 0 saturated carbocycles. The van der Waals surface area contributed by atoms with Gasteiger partial charge in [0.05, 0.1) is 29.3 Å². The second-order valence-electron chi connectivity index (χ2n) is 8.20. The van der Waals surface area contributed by atoms with Crippen molar-refractivity contribution in [1.29, 1.82) is 0 Å². The van der Waals surface area contributed by atoms with Crippen LogP contribution in [0, 0.1) is 0 Å². The summed E-state index contributed by atoms with van der Waals surface area (Å²) in [5.74, 6) is 1.16. The van der Waals surface area contributed by atoms with Crippen molar-refractivity contribution in [3.8, 4) is 0 Å². The molecule has 0 N–H and O–H groups in total. The third-order valence-electron chi connectivity index (χ3n) is 5.81. The van der Waals surface area contributed by atoms with Crippen molar-refractivity contribution in [1.82, 2.24) is 24.3 Å². The first-order valence-corrected chi connectivity index (χ1v) is 10.4. The zero-order valence-corrected chi connectivity index (χ0v) is 17.3. The minimum atomic E-state index is 0.375. The monoisotopic (exact) mass is 377 g/mol. The maximum atomic E-state index is 4.99. The number of imidazole rings is 1. The van der Waals surface area contributed by atoms with Crippen LogP contribution < -0.4 is 0 Å². The summed E-state index contributed by atoms with van der Waals surface area (Å²) in [4.78, 5) is 14.4. The van der Waals surface area contributed by atoms with Gasteiger partial charge in [-0.2, -0.15) is 0 Å². The fourth-order valence-electron chi connectivity index (χ4n) is 4.39. The van der Waals surface area contributed by atoms with E-state index in [-0.39, 0.29) is 0 Å². The van der Waals surface area contributed by atoms with Gasteiger partial charge in [0, 0.05) is 12.7 Å². The highest BCUT2D eigenvalue weighted by atomic mass is 15.2. The van der Waals surface area contributed by atoms with Crippen molar-refractivity contribution in [3.63, 3.8) is 0 Å². The molecule has 1 aliphatic carbocycles. The largest absolute Gasteiger partial charge is 0.327 e. The second kappa shape index (κ2) is 8.41. The van der Waals surface area contributed by atoms with Crippen LogP contribution in [0.15, 0.2) is 42.6 Å². The first kappa shape index (κ1) is 19.1. The van der Waals surface area contributed by atoms with Crippen LogP contribution in [-0.4, -0.2) is 52.0 Å². The lowest BCUT2D eigenvalue weighted by Gasteiger charge is -2.32. The average Bonchev–Trinajstić information content (AvgIpc) is 3.04. The van der Waals surface area contributed by atoms with Crippen molar-refractivity contribution in [2.24, 2.45) is 0 Å². The predicted octanol–water partition coefficient (Wildman–Crippen LogP) is 3.89. The number of aromatic nitrogens is 3. The lowest BCUT2D eigenvalue weighted by atomic mass is 9.91. The van der Waals surface area contributed by atoms with Crippen molar-refractivity contribution >= 4 is 11.0 Å². The molecule has 1 aromatic carbocycles. The number of pyridine rings is 1. The van der Waals surface area contributed by atoms with E-state index in [0.29, 0.717) is 6.04 Å². The average molecular weight is 378 g/mol. The minimum Gasteiger partial charge on any atom is -0.327 e. The molecule has 0 radical (unpaired) electrons. The number of hydrogen-bond acceptors (Lipinski definition) is 4. The normalized spacial score (nSPS) is 16.8. The Balaban J connectivity index is 1.59. The van der Waals surface area contributed by atoms with Crippen LogP contribution in [0.1, 0.15) is 42.4 Å². The molecule has 2 aromatic heterocycles. The fraction of sp³-hybridized carbons (Fsp3) is 0.478. The van der Waals surface area contributed by atoms with Gasteiger partial charge in [0.2, 0.25) is 0 Å². The lowest BCUT2D eigenvalue weighted by Crippen LogP contribution is -2.29. The van der Waals surface area contributed by atoms with Gasteiger partial charge >= 0.3 is 0 Å². The van der Waals surface area contributed by atoms with Gasteiger partial charge < -0.3 is 9.47 Å². The van der Waals surface area contributed by atoms with Crippen LogP contribution in [0.3, 0.4) is 0 Å². The summed E-state index contributed by atoms with van der Waals surface area (Å²) in [6, 6.07) is 13.2. The quantitative estimate of drug-likeness (QED) is 0.626. The molecule has 3 aromatic rings. The molecule has 0 bridgehead atoms. The van der Waals surface area contributed by atoms with E-state index >= 15 is 0 Å². The first-order valence-electron chi connectivity index (χ1n) is 10.4. The Kier molecular flexibility index (Phi) is 5.74. The van der Waals surface area contributed by atoms with E-state index in [4.69, 9.17) is 9.97 Å². The number of aryl methyl sites for hydroxylation is 2. The standard InChI is InChI=1S/C23H31N5/c1-26(2)15-8-16-28-20-12-5-4-11-19(20)25-22(28)17-27(3)21-13-6-9-18-10-7-14-24-23(18)21/h4-5,7,10-12,14,21H,6,8-9,13,15-17H2,1-3H3/t21-/m0/s1. The Labute approximate surface area is 168 Å². The topological polar surface area (TPSA) is 37.2 Å². The van der Waals surface area contributed by atoms with Crippen LogP contribution >= 0.6 is 0 Å². The van der Waals surface area contributed by atoms with Gasteiger partial charge in [-0.3, -0.25) is 9.88 Å². The number of rotatable bonds is 7. The number of hydrogen-bond donors (Lipinski definition) is 0. The van der Waals surface area contributed by atoms with Crippen LogP contribution in [0.5, 0.6) is 0 Å². The summed E-state index contributed by atoms with van der Waals surface area (Å²) < 4.78 is 2.41. The van der Waals surface area contributed by atoms with Gasteiger partial charge in [-0.05, 0) is 77.1 Å². The molecule has 2 heterocycles. The van der Waals surface area contributed by atoms with E-state index in [0.717, 1.165) is 43.8 Å². The molecule has 0 amide bonds. The molecule has 0 aliphatic heterocycles. The summed E-state index contributed by atoms with van der Waals surface area (Å²) >= 11 is 0. The fourth-order valence-corrected chi connectivity index (χ4v) is 4.39. The van der Waals surface area contributed by atoms with E-state index < -0.39 is 0 Å². The van der Waals surface area contributed by atoms with Gasteiger partial charge in [-0.15, -0.1) is 0 Å².